The van der Waals surface area contributed by atoms with Crippen molar-refractivity contribution in [3.05, 3.63) is 60.2 Å². The quantitative estimate of drug-likeness (QED) is 0.377. The van der Waals surface area contributed by atoms with Crippen LogP contribution in [0.3, 0.4) is 0 Å². The third-order valence-corrected chi connectivity index (χ3v) is 3.00. The van der Waals surface area contributed by atoms with Gasteiger partial charge in [-0.05, 0) is 24.3 Å². The Bertz CT molecular complexity index is 523. The first kappa shape index (κ1) is 11.5. The van der Waals surface area contributed by atoms with Crippen molar-refractivity contribution in [2.24, 2.45) is 10.1 Å². The molecule has 17 heavy (non-hydrogen) atoms. The van der Waals surface area contributed by atoms with Crippen LogP contribution in [0.25, 0.3) is 0 Å². The van der Waals surface area contributed by atoms with E-state index in [1.165, 1.54) is 11.9 Å². The lowest BCUT2D eigenvalue weighted by atomic mass is 10.2. The van der Waals surface area contributed by atoms with E-state index in [2.05, 4.69) is 4.40 Å². The van der Waals surface area contributed by atoms with Crippen molar-refractivity contribution >= 4 is 23.5 Å². The largest absolute Gasteiger partial charge is 0.398 e. The summed E-state index contributed by atoms with van der Waals surface area (Å²) in [4.78, 5) is 1.05. The lowest BCUT2D eigenvalue weighted by molar-refractivity contribution is 1.45. The molecule has 4 heteroatoms. The maximum atomic E-state index is 5.89. The van der Waals surface area contributed by atoms with Gasteiger partial charge in [-0.2, -0.15) is 4.40 Å². The summed E-state index contributed by atoms with van der Waals surface area (Å²) < 4.78 is 4.26. The normalized spacial score (nSPS) is 11.4. The molecule has 0 atom stereocenters. The van der Waals surface area contributed by atoms with Crippen molar-refractivity contribution in [1.29, 1.82) is 0 Å². The minimum absolute atomic E-state index is 0.442. The van der Waals surface area contributed by atoms with Gasteiger partial charge in [0.25, 0.3) is 0 Å². The zero-order valence-electron chi connectivity index (χ0n) is 9.21. The van der Waals surface area contributed by atoms with Gasteiger partial charge in [-0.15, -0.1) is 0 Å². The van der Waals surface area contributed by atoms with Gasteiger partial charge >= 0.3 is 0 Å². The van der Waals surface area contributed by atoms with Crippen molar-refractivity contribution in [1.82, 2.24) is 0 Å². The molecule has 0 heterocycles. The molecule has 0 unspecified atom stereocenters. The van der Waals surface area contributed by atoms with Crippen LogP contribution in [0.15, 0.2) is 63.9 Å². The molecule has 0 aliphatic carbocycles. The molecule has 0 spiro atoms. The molecule has 0 saturated carbocycles. The summed E-state index contributed by atoms with van der Waals surface area (Å²) in [6.07, 6.45) is 0. The maximum Gasteiger partial charge on any atom is 0.141 e. The molecule has 0 saturated heterocycles. The number of nitrogens with zero attached hydrogens (tertiary/aromatic N) is 1. The number of anilines is 1. The van der Waals surface area contributed by atoms with Gasteiger partial charge in [0.2, 0.25) is 0 Å². The fraction of sp³-hybridized carbons (Fsp3) is 0. The van der Waals surface area contributed by atoms with E-state index in [4.69, 9.17) is 11.5 Å². The summed E-state index contributed by atoms with van der Waals surface area (Å²) in [6, 6.07) is 17.3. The number of nitrogens with two attached hydrogens (primary N) is 2. The van der Waals surface area contributed by atoms with E-state index in [0.29, 0.717) is 11.5 Å². The number of amidine groups is 1. The molecule has 0 bridgehead atoms. The first-order chi connectivity index (χ1) is 8.27. The van der Waals surface area contributed by atoms with E-state index >= 15 is 0 Å². The molecule has 0 aliphatic heterocycles. The highest BCUT2D eigenvalue weighted by Gasteiger charge is 2.02. The predicted octanol–water partition coefficient (Wildman–Crippen LogP) is 2.68. The van der Waals surface area contributed by atoms with E-state index < -0.39 is 0 Å². The van der Waals surface area contributed by atoms with E-state index in [1.807, 2.05) is 54.6 Å². The second kappa shape index (κ2) is 5.41. The number of hydrogen-bond donors (Lipinski definition) is 2. The number of para-hydroxylation sites is 1. The lowest BCUT2D eigenvalue weighted by Crippen LogP contribution is -2.14. The smallest absolute Gasteiger partial charge is 0.141 e. The van der Waals surface area contributed by atoms with Crippen molar-refractivity contribution in [2.45, 2.75) is 4.90 Å². The van der Waals surface area contributed by atoms with Crippen LogP contribution in [0.2, 0.25) is 0 Å². The summed E-state index contributed by atoms with van der Waals surface area (Å²) in [7, 11) is 0. The Labute approximate surface area is 105 Å². The third-order valence-electron chi connectivity index (χ3n) is 2.23. The zero-order chi connectivity index (χ0) is 12.1. The molecule has 2 aromatic carbocycles. The molecule has 0 amide bonds. The van der Waals surface area contributed by atoms with Crippen LogP contribution in [0, 0.1) is 0 Å². The van der Waals surface area contributed by atoms with E-state index in [1.54, 1.807) is 0 Å². The highest BCUT2D eigenvalue weighted by molar-refractivity contribution is 7.98. The van der Waals surface area contributed by atoms with Crippen LogP contribution >= 0.6 is 11.9 Å². The maximum absolute atomic E-state index is 5.89. The summed E-state index contributed by atoms with van der Waals surface area (Å²) in [5.41, 5.74) is 13.1. The average molecular weight is 243 g/mol. The van der Waals surface area contributed by atoms with Gasteiger partial charge in [0.05, 0.1) is 0 Å². The molecule has 0 radical (unpaired) electrons. The average Bonchev–Trinajstić information content (AvgIpc) is 2.38. The van der Waals surface area contributed by atoms with Crippen molar-refractivity contribution in [3.63, 3.8) is 0 Å². The first-order valence-corrected chi connectivity index (χ1v) is 5.95. The summed E-state index contributed by atoms with van der Waals surface area (Å²) in [5.74, 6) is 0.442. The van der Waals surface area contributed by atoms with Crippen molar-refractivity contribution < 1.29 is 0 Å². The number of rotatable bonds is 3. The predicted molar refractivity (Wildman–Crippen MR) is 73.9 cm³/mol. The Hall–Kier alpha value is -1.94. The molecule has 86 valence electrons. The van der Waals surface area contributed by atoms with Gasteiger partial charge in [0.15, 0.2) is 0 Å². The van der Waals surface area contributed by atoms with Crippen LogP contribution in [-0.4, -0.2) is 5.84 Å². The van der Waals surface area contributed by atoms with E-state index in [-0.39, 0.29) is 0 Å². The number of nitrogen functional groups attached to an aromatic ring is 1. The van der Waals surface area contributed by atoms with Gasteiger partial charge in [-0.3, -0.25) is 0 Å². The van der Waals surface area contributed by atoms with Gasteiger partial charge in [-0.25, -0.2) is 0 Å². The molecular weight excluding hydrogens is 230 g/mol. The Morgan fingerprint density at radius 1 is 0.941 bits per heavy atom. The molecule has 4 N–H and O–H groups in total. The number of hydrogen-bond acceptors (Lipinski definition) is 3. The van der Waals surface area contributed by atoms with E-state index in [9.17, 15) is 0 Å². The molecule has 0 aliphatic rings. The second-order valence-electron chi connectivity index (χ2n) is 3.47. The van der Waals surface area contributed by atoms with Crippen LogP contribution < -0.4 is 11.5 Å². The topological polar surface area (TPSA) is 64.4 Å². The highest BCUT2D eigenvalue weighted by Crippen LogP contribution is 2.20. The summed E-state index contributed by atoms with van der Waals surface area (Å²) in [5, 5.41) is 0. The zero-order valence-corrected chi connectivity index (χ0v) is 10.0. The van der Waals surface area contributed by atoms with Gasteiger partial charge in [0.1, 0.15) is 5.84 Å². The molecule has 2 aromatic rings. The Kier molecular flexibility index (Phi) is 3.67. The SMILES string of the molecule is NC(=NSc1ccccc1)c1ccccc1N. The molecule has 0 fully saturated rings. The van der Waals surface area contributed by atoms with Crippen LogP contribution in [0.1, 0.15) is 5.56 Å². The standard InChI is InChI=1S/C13H13N3S/c14-12-9-5-4-8-11(12)13(15)16-17-10-6-2-1-3-7-10/h1-9H,14H2,(H2,15,16). The monoisotopic (exact) mass is 243 g/mol. The summed E-state index contributed by atoms with van der Waals surface area (Å²) in [6.45, 7) is 0. The second-order valence-corrected chi connectivity index (χ2v) is 4.30. The third kappa shape index (κ3) is 3.01. The molecule has 3 nitrogen and oxygen atoms in total. The molecule has 0 aromatic heterocycles. The minimum atomic E-state index is 0.442. The van der Waals surface area contributed by atoms with Crippen molar-refractivity contribution in [2.75, 3.05) is 5.73 Å². The molecule has 2 rings (SSSR count). The fourth-order valence-corrected chi connectivity index (χ4v) is 1.94. The van der Waals surface area contributed by atoms with Crippen LogP contribution in [0.4, 0.5) is 5.69 Å². The van der Waals surface area contributed by atoms with Gasteiger partial charge in [0, 0.05) is 28.1 Å². The Morgan fingerprint density at radius 2 is 1.59 bits per heavy atom. The van der Waals surface area contributed by atoms with Gasteiger partial charge in [-0.1, -0.05) is 30.3 Å². The minimum Gasteiger partial charge on any atom is -0.398 e. The van der Waals surface area contributed by atoms with Gasteiger partial charge < -0.3 is 11.5 Å². The first-order valence-electron chi connectivity index (χ1n) is 5.18. The fourth-order valence-electron chi connectivity index (χ4n) is 1.36. The lowest BCUT2D eigenvalue weighted by Gasteiger charge is -2.03. The number of benzene rings is 2. The molecular formula is C13H13N3S. The van der Waals surface area contributed by atoms with Crippen LogP contribution in [-0.2, 0) is 0 Å². The summed E-state index contributed by atoms with van der Waals surface area (Å²) >= 11 is 1.34. The van der Waals surface area contributed by atoms with E-state index in [0.717, 1.165) is 10.5 Å². The Balaban J connectivity index is 2.16. The Morgan fingerprint density at radius 3 is 2.29 bits per heavy atom. The van der Waals surface area contributed by atoms with Crippen molar-refractivity contribution in [3.8, 4) is 0 Å². The van der Waals surface area contributed by atoms with Crippen LogP contribution in [0.5, 0.6) is 0 Å². The highest BCUT2D eigenvalue weighted by atomic mass is 32.2.